The van der Waals surface area contributed by atoms with Crippen LogP contribution in [0, 0.1) is 13.8 Å². The Kier molecular flexibility index (Phi) is 6.09. The summed E-state index contributed by atoms with van der Waals surface area (Å²) >= 11 is 13.5. The molecule has 0 bridgehead atoms. The van der Waals surface area contributed by atoms with E-state index >= 15 is 0 Å². The Morgan fingerprint density at radius 1 is 0.957 bits per heavy atom. The second kappa shape index (κ2) is 7.67. The Labute approximate surface area is 160 Å². The third-order valence-corrected chi connectivity index (χ3v) is 4.97. The molecule has 0 spiro atoms. The van der Waals surface area contributed by atoms with Crippen molar-refractivity contribution in [2.24, 2.45) is 0 Å². The highest BCUT2D eigenvalue weighted by atomic mass is 79.9. The van der Waals surface area contributed by atoms with Gasteiger partial charge < -0.3 is 5.32 Å². The molecule has 0 unspecified atom stereocenters. The highest BCUT2D eigenvalue weighted by Gasteiger charge is 2.07. The van der Waals surface area contributed by atoms with Crippen LogP contribution in [0.1, 0.15) is 11.1 Å². The summed E-state index contributed by atoms with van der Waals surface area (Å²) in [7, 11) is 0. The van der Waals surface area contributed by atoms with Crippen LogP contribution in [0.3, 0.4) is 0 Å². The number of aryl methyl sites for hydroxylation is 2. The Morgan fingerprint density at radius 2 is 1.74 bits per heavy atom. The molecule has 1 N–H and O–H groups in total. The van der Waals surface area contributed by atoms with Crippen LogP contribution in [0.15, 0.2) is 41.8 Å². The number of nitrogens with zero attached hydrogens (tertiary/aromatic N) is 1. The summed E-state index contributed by atoms with van der Waals surface area (Å²) in [6, 6.07) is 11.8. The zero-order valence-corrected chi connectivity index (χ0v) is 16.6. The smallest absolute Gasteiger partial charge is 0.187 e. The molecule has 6 heteroatoms. The number of benzene rings is 2. The summed E-state index contributed by atoms with van der Waals surface area (Å²) in [5.41, 5.74) is 5.52. The molecule has 0 fully saturated rings. The lowest BCUT2D eigenvalue weighted by atomic mass is 10.1. The highest BCUT2D eigenvalue weighted by molar-refractivity contribution is 8.93. The molecule has 0 aliphatic heterocycles. The zero-order chi connectivity index (χ0) is 15.7. The van der Waals surface area contributed by atoms with E-state index in [0.29, 0.717) is 10.0 Å². The van der Waals surface area contributed by atoms with Gasteiger partial charge in [0.2, 0.25) is 0 Å². The molecule has 0 saturated heterocycles. The van der Waals surface area contributed by atoms with E-state index in [-0.39, 0.29) is 17.0 Å². The monoisotopic (exact) mass is 428 g/mol. The lowest BCUT2D eigenvalue weighted by Gasteiger charge is -2.04. The highest BCUT2D eigenvalue weighted by Crippen LogP contribution is 2.30. The normalized spacial score (nSPS) is 10.3. The van der Waals surface area contributed by atoms with Gasteiger partial charge in [0.15, 0.2) is 5.13 Å². The number of rotatable bonds is 3. The fraction of sp³-hybridized carbons (Fsp3) is 0.118. The van der Waals surface area contributed by atoms with E-state index in [4.69, 9.17) is 23.2 Å². The van der Waals surface area contributed by atoms with Crippen LogP contribution in [-0.4, -0.2) is 4.98 Å². The molecule has 0 aliphatic carbocycles. The van der Waals surface area contributed by atoms with E-state index in [2.05, 4.69) is 42.3 Å². The van der Waals surface area contributed by atoms with E-state index < -0.39 is 0 Å². The lowest BCUT2D eigenvalue weighted by molar-refractivity contribution is 1.32. The molecule has 0 radical (unpaired) electrons. The number of hydrogen-bond donors (Lipinski definition) is 1. The first-order valence-electron chi connectivity index (χ1n) is 6.78. The van der Waals surface area contributed by atoms with Crippen molar-refractivity contribution < 1.29 is 0 Å². The third kappa shape index (κ3) is 4.27. The van der Waals surface area contributed by atoms with Gasteiger partial charge in [-0.15, -0.1) is 28.3 Å². The number of nitrogens with one attached hydrogen (secondary N) is 1. The molecule has 3 aromatic rings. The predicted octanol–water partition coefficient (Wildman–Crippen LogP) is 7.06. The average Bonchev–Trinajstić information content (AvgIpc) is 2.94. The molecule has 0 aliphatic rings. The van der Waals surface area contributed by atoms with Crippen LogP contribution in [0.5, 0.6) is 0 Å². The number of hydrogen-bond acceptors (Lipinski definition) is 3. The van der Waals surface area contributed by atoms with Crippen molar-refractivity contribution in [3.05, 3.63) is 63.0 Å². The Morgan fingerprint density at radius 3 is 2.43 bits per heavy atom. The molecule has 0 saturated carbocycles. The van der Waals surface area contributed by atoms with Crippen molar-refractivity contribution in [1.29, 1.82) is 0 Å². The van der Waals surface area contributed by atoms with Gasteiger partial charge in [-0.1, -0.05) is 35.3 Å². The van der Waals surface area contributed by atoms with Crippen molar-refractivity contribution in [2.75, 3.05) is 5.32 Å². The molecule has 23 heavy (non-hydrogen) atoms. The SMILES string of the molecule is Br.Cc1ccc(-c2csc(Nc3ccc(Cl)c(Cl)c3)n2)cc1C. The van der Waals surface area contributed by atoms with Gasteiger partial charge in [-0.2, -0.15) is 0 Å². The van der Waals surface area contributed by atoms with Crippen LogP contribution in [-0.2, 0) is 0 Å². The summed E-state index contributed by atoms with van der Waals surface area (Å²) in [5.74, 6) is 0. The standard InChI is InChI=1S/C17H14Cl2N2S.BrH/c1-10-3-4-12(7-11(10)2)16-9-22-17(21-16)20-13-5-6-14(18)15(19)8-13;/h3-9H,1-2H3,(H,20,21);1H. The lowest BCUT2D eigenvalue weighted by Crippen LogP contribution is -1.90. The fourth-order valence-corrected chi connectivity index (χ4v) is 3.10. The molecule has 3 rings (SSSR count). The minimum atomic E-state index is 0. The van der Waals surface area contributed by atoms with Crippen molar-refractivity contribution in [2.45, 2.75) is 13.8 Å². The molecule has 2 nitrogen and oxygen atoms in total. The van der Waals surface area contributed by atoms with Gasteiger partial charge in [0, 0.05) is 16.6 Å². The van der Waals surface area contributed by atoms with Crippen LogP contribution in [0.25, 0.3) is 11.3 Å². The first kappa shape index (κ1) is 18.3. The summed E-state index contributed by atoms with van der Waals surface area (Å²) in [4.78, 5) is 4.63. The van der Waals surface area contributed by atoms with E-state index in [9.17, 15) is 0 Å². The van der Waals surface area contributed by atoms with E-state index in [1.165, 1.54) is 11.1 Å². The Balaban J connectivity index is 0.00000192. The first-order chi connectivity index (χ1) is 10.5. The van der Waals surface area contributed by atoms with Crippen molar-refractivity contribution in [3.8, 4) is 11.3 Å². The van der Waals surface area contributed by atoms with Gasteiger partial charge in [-0.05, 0) is 49.2 Å². The van der Waals surface area contributed by atoms with Gasteiger partial charge in [0.1, 0.15) is 0 Å². The molecular formula is C17H15BrCl2N2S. The largest absolute Gasteiger partial charge is 0.331 e. The molecule has 1 aromatic heterocycles. The zero-order valence-electron chi connectivity index (χ0n) is 12.6. The summed E-state index contributed by atoms with van der Waals surface area (Å²) in [6.45, 7) is 4.22. The number of halogens is 3. The van der Waals surface area contributed by atoms with Gasteiger partial charge in [-0.25, -0.2) is 4.98 Å². The summed E-state index contributed by atoms with van der Waals surface area (Å²) < 4.78 is 0. The Bertz CT molecular complexity index is 833. The van der Waals surface area contributed by atoms with Crippen LogP contribution >= 0.6 is 51.5 Å². The quantitative estimate of drug-likeness (QED) is 0.482. The minimum Gasteiger partial charge on any atom is -0.331 e. The van der Waals surface area contributed by atoms with Crippen molar-refractivity contribution >= 4 is 62.3 Å². The van der Waals surface area contributed by atoms with E-state index in [0.717, 1.165) is 22.1 Å². The van der Waals surface area contributed by atoms with Gasteiger partial charge in [0.25, 0.3) is 0 Å². The van der Waals surface area contributed by atoms with Crippen LogP contribution in [0.4, 0.5) is 10.8 Å². The maximum absolute atomic E-state index is 6.02. The molecule has 1 heterocycles. The average molecular weight is 430 g/mol. The van der Waals surface area contributed by atoms with E-state index in [1.807, 2.05) is 11.4 Å². The number of thiazole rings is 1. The first-order valence-corrected chi connectivity index (χ1v) is 8.42. The molecule has 2 aromatic carbocycles. The maximum Gasteiger partial charge on any atom is 0.187 e. The van der Waals surface area contributed by atoms with Gasteiger partial charge in [0.05, 0.1) is 15.7 Å². The summed E-state index contributed by atoms with van der Waals surface area (Å²) in [5, 5.41) is 7.19. The van der Waals surface area contributed by atoms with Gasteiger partial charge in [-0.3, -0.25) is 0 Å². The molecule has 0 amide bonds. The number of aromatic nitrogens is 1. The Hall–Kier alpha value is -1.07. The topological polar surface area (TPSA) is 24.9 Å². The van der Waals surface area contributed by atoms with Gasteiger partial charge >= 0.3 is 0 Å². The van der Waals surface area contributed by atoms with E-state index in [1.54, 1.807) is 23.5 Å². The maximum atomic E-state index is 6.02. The summed E-state index contributed by atoms with van der Waals surface area (Å²) in [6.07, 6.45) is 0. The molecule has 0 atom stereocenters. The minimum absolute atomic E-state index is 0. The van der Waals surface area contributed by atoms with Crippen molar-refractivity contribution in [1.82, 2.24) is 4.98 Å². The van der Waals surface area contributed by atoms with Crippen LogP contribution < -0.4 is 5.32 Å². The molecule has 120 valence electrons. The van der Waals surface area contributed by atoms with Crippen LogP contribution in [0.2, 0.25) is 10.0 Å². The predicted molar refractivity (Wildman–Crippen MR) is 107 cm³/mol. The third-order valence-electron chi connectivity index (χ3n) is 3.48. The number of anilines is 2. The second-order valence-electron chi connectivity index (χ2n) is 5.09. The fourth-order valence-electron chi connectivity index (χ4n) is 2.06. The molecular weight excluding hydrogens is 415 g/mol. The second-order valence-corrected chi connectivity index (χ2v) is 6.76. The van der Waals surface area contributed by atoms with Crippen molar-refractivity contribution in [3.63, 3.8) is 0 Å².